The van der Waals surface area contributed by atoms with E-state index < -0.39 is 5.97 Å². The average Bonchev–Trinajstić information content (AvgIpc) is 2.66. The summed E-state index contributed by atoms with van der Waals surface area (Å²) >= 11 is 6.01. The Labute approximate surface area is 162 Å². The van der Waals surface area contributed by atoms with E-state index in [1.807, 2.05) is 18.2 Å². The van der Waals surface area contributed by atoms with Crippen molar-refractivity contribution in [1.82, 2.24) is 0 Å². The number of halogens is 1. The standard InChI is InChI=1S/C23H31ClO2/c24-22-15-13-21(14-16-22)20-11-9-19(10-12-20)18-7-5-17(6-8-18)3-1-2-4-23(25)26/h2,4,13-20H,1,3,5-12H2,(H,25,26)/b4-2+. The smallest absolute Gasteiger partial charge is 0.327 e. The second kappa shape index (κ2) is 9.60. The molecule has 3 rings (SSSR count). The Morgan fingerprint density at radius 1 is 0.962 bits per heavy atom. The number of hydrogen-bond donors (Lipinski definition) is 1. The Morgan fingerprint density at radius 3 is 2.12 bits per heavy atom. The number of carboxylic acid groups (broad SMARTS) is 1. The van der Waals surface area contributed by atoms with E-state index in [0.717, 1.165) is 41.5 Å². The van der Waals surface area contributed by atoms with Crippen molar-refractivity contribution < 1.29 is 9.90 Å². The van der Waals surface area contributed by atoms with Gasteiger partial charge >= 0.3 is 5.97 Å². The highest BCUT2D eigenvalue weighted by molar-refractivity contribution is 6.30. The van der Waals surface area contributed by atoms with E-state index in [0.29, 0.717) is 0 Å². The number of allylic oxidation sites excluding steroid dienone is 1. The fourth-order valence-corrected chi connectivity index (χ4v) is 5.25. The molecule has 2 aliphatic rings. The molecule has 0 spiro atoms. The monoisotopic (exact) mass is 374 g/mol. The minimum Gasteiger partial charge on any atom is -0.478 e. The molecule has 0 bridgehead atoms. The molecular formula is C23H31ClO2. The van der Waals surface area contributed by atoms with Crippen molar-refractivity contribution in [3.8, 4) is 0 Å². The summed E-state index contributed by atoms with van der Waals surface area (Å²) in [5, 5.41) is 9.47. The molecule has 0 saturated heterocycles. The SMILES string of the molecule is O=C(O)/C=C/CCC1CCC(C2CCC(c3ccc(Cl)cc3)CC2)CC1. The maximum Gasteiger partial charge on any atom is 0.327 e. The number of carboxylic acids is 1. The minimum atomic E-state index is -0.831. The molecule has 26 heavy (non-hydrogen) atoms. The molecule has 1 aromatic rings. The van der Waals surface area contributed by atoms with E-state index in [2.05, 4.69) is 12.1 Å². The van der Waals surface area contributed by atoms with Gasteiger partial charge in [-0.25, -0.2) is 4.79 Å². The van der Waals surface area contributed by atoms with Crippen LogP contribution in [0.25, 0.3) is 0 Å². The van der Waals surface area contributed by atoms with Crippen LogP contribution in [-0.2, 0) is 4.79 Å². The number of benzene rings is 1. The molecule has 1 aromatic carbocycles. The first kappa shape index (κ1) is 19.5. The third-order valence-electron chi connectivity index (χ3n) is 6.67. The highest BCUT2D eigenvalue weighted by Gasteiger charge is 2.31. The summed E-state index contributed by atoms with van der Waals surface area (Å²) in [6.07, 6.45) is 16.0. The fraction of sp³-hybridized carbons (Fsp3) is 0.609. The summed E-state index contributed by atoms with van der Waals surface area (Å²) in [5.41, 5.74) is 1.46. The van der Waals surface area contributed by atoms with Crippen LogP contribution >= 0.6 is 11.6 Å². The molecule has 2 saturated carbocycles. The Balaban J connectivity index is 1.38. The summed E-state index contributed by atoms with van der Waals surface area (Å²) in [5.74, 6) is 2.54. The summed E-state index contributed by atoms with van der Waals surface area (Å²) in [4.78, 5) is 10.5. The van der Waals surface area contributed by atoms with Crippen LogP contribution in [0.3, 0.4) is 0 Å². The Bertz CT molecular complexity index is 591. The number of carbonyl (C=O) groups is 1. The van der Waals surface area contributed by atoms with E-state index >= 15 is 0 Å². The lowest BCUT2D eigenvalue weighted by atomic mass is 9.68. The van der Waals surface area contributed by atoms with Crippen LogP contribution in [0.2, 0.25) is 5.02 Å². The molecule has 0 aromatic heterocycles. The largest absolute Gasteiger partial charge is 0.478 e. The maximum atomic E-state index is 10.5. The van der Waals surface area contributed by atoms with E-state index in [-0.39, 0.29) is 0 Å². The van der Waals surface area contributed by atoms with Gasteiger partial charge < -0.3 is 5.11 Å². The molecule has 1 N–H and O–H groups in total. The molecule has 0 unspecified atom stereocenters. The number of hydrogen-bond acceptors (Lipinski definition) is 1. The van der Waals surface area contributed by atoms with Crippen LogP contribution in [0.5, 0.6) is 0 Å². The van der Waals surface area contributed by atoms with Gasteiger partial charge in [0, 0.05) is 11.1 Å². The lowest BCUT2D eigenvalue weighted by molar-refractivity contribution is -0.131. The van der Waals surface area contributed by atoms with Crippen LogP contribution in [0, 0.1) is 17.8 Å². The van der Waals surface area contributed by atoms with Gasteiger partial charge in [0.1, 0.15) is 0 Å². The van der Waals surface area contributed by atoms with Crippen molar-refractivity contribution in [2.75, 3.05) is 0 Å². The van der Waals surface area contributed by atoms with Crippen molar-refractivity contribution in [3.63, 3.8) is 0 Å². The minimum absolute atomic E-state index is 0.723. The van der Waals surface area contributed by atoms with E-state index in [1.165, 1.54) is 63.0 Å². The summed E-state index contributed by atoms with van der Waals surface area (Å²) in [6, 6.07) is 8.46. The topological polar surface area (TPSA) is 37.3 Å². The van der Waals surface area contributed by atoms with Crippen molar-refractivity contribution in [2.45, 2.75) is 70.1 Å². The molecule has 142 valence electrons. The Morgan fingerprint density at radius 2 is 1.54 bits per heavy atom. The first-order valence-electron chi connectivity index (χ1n) is 10.3. The summed E-state index contributed by atoms with van der Waals surface area (Å²) in [6.45, 7) is 0. The van der Waals surface area contributed by atoms with Crippen molar-refractivity contribution in [3.05, 3.63) is 47.0 Å². The lowest BCUT2D eigenvalue weighted by Gasteiger charge is -2.38. The van der Waals surface area contributed by atoms with Crippen molar-refractivity contribution in [1.29, 1.82) is 0 Å². The van der Waals surface area contributed by atoms with Gasteiger partial charge in [0.25, 0.3) is 0 Å². The molecular weight excluding hydrogens is 344 g/mol. The van der Waals surface area contributed by atoms with Crippen LogP contribution in [0.15, 0.2) is 36.4 Å². The zero-order valence-electron chi connectivity index (χ0n) is 15.6. The molecule has 3 heteroatoms. The fourth-order valence-electron chi connectivity index (χ4n) is 5.12. The second-order valence-corrected chi connectivity index (χ2v) is 8.70. The molecule has 2 fully saturated rings. The first-order valence-corrected chi connectivity index (χ1v) is 10.6. The van der Waals surface area contributed by atoms with Gasteiger partial charge in [-0.15, -0.1) is 0 Å². The van der Waals surface area contributed by atoms with E-state index in [9.17, 15) is 4.79 Å². The van der Waals surface area contributed by atoms with Crippen LogP contribution in [0.1, 0.15) is 75.7 Å². The van der Waals surface area contributed by atoms with Crippen molar-refractivity contribution >= 4 is 17.6 Å². The summed E-state index contributed by atoms with van der Waals surface area (Å²) < 4.78 is 0. The van der Waals surface area contributed by atoms with E-state index in [1.54, 1.807) is 0 Å². The average molecular weight is 375 g/mol. The Kier molecular flexibility index (Phi) is 7.19. The van der Waals surface area contributed by atoms with Crippen LogP contribution in [-0.4, -0.2) is 11.1 Å². The third kappa shape index (κ3) is 5.61. The zero-order valence-corrected chi connectivity index (χ0v) is 16.3. The van der Waals surface area contributed by atoms with Gasteiger partial charge in [-0.2, -0.15) is 0 Å². The predicted molar refractivity (Wildman–Crippen MR) is 108 cm³/mol. The molecule has 0 amide bonds. The maximum absolute atomic E-state index is 10.5. The van der Waals surface area contributed by atoms with Gasteiger partial charge in [0.15, 0.2) is 0 Å². The van der Waals surface area contributed by atoms with Gasteiger partial charge in [-0.05, 0) is 92.7 Å². The molecule has 0 radical (unpaired) electrons. The normalized spacial score (nSPS) is 29.7. The molecule has 2 nitrogen and oxygen atoms in total. The van der Waals surface area contributed by atoms with Gasteiger partial charge in [-0.3, -0.25) is 0 Å². The quantitative estimate of drug-likeness (QED) is 0.553. The number of rotatable bonds is 6. The third-order valence-corrected chi connectivity index (χ3v) is 6.93. The first-order chi connectivity index (χ1) is 12.6. The highest BCUT2D eigenvalue weighted by atomic mass is 35.5. The van der Waals surface area contributed by atoms with Crippen LogP contribution in [0.4, 0.5) is 0 Å². The lowest BCUT2D eigenvalue weighted by Crippen LogP contribution is -2.25. The van der Waals surface area contributed by atoms with Crippen LogP contribution < -0.4 is 0 Å². The molecule has 0 aliphatic heterocycles. The molecule has 0 atom stereocenters. The number of aliphatic carboxylic acids is 1. The van der Waals surface area contributed by atoms with Crippen molar-refractivity contribution in [2.24, 2.45) is 17.8 Å². The highest BCUT2D eigenvalue weighted by Crippen LogP contribution is 2.44. The molecule has 0 heterocycles. The second-order valence-electron chi connectivity index (χ2n) is 8.26. The Hall–Kier alpha value is -1.28. The van der Waals surface area contributed by atoms with Gasteiger partial charge in [0.2, 0.25) is 0 Å². The predicted octanol–water partition coefficient (Wildman–Crippen LogP) is 6.84. The van der Waals surface area contributed by atoms with Gasteiger partial charge in [0.05, 0.1) is 0 Å². The van der Waals surface area contributed by atoms with Gasteiger partial charge in [-0.1, -0.05) is 42.7 Å². The zero-order chi connectivity index (χ0) is 18.4. The van der Waals surface area contributed by atoms with E-state index in [4.69, 9.17) is 16.7 Å². The molecule has 2 aliphatic carbocycles. The summed E-state index contributed by atoms with van der Waals surface area (Å²) in [7, 11) is 0.